The number of nitrogens with one attached hydrogen (secondary N) is 3. The molecule has 3 N–H and O–H groups in total. The topological polar surface area (TPSA) is 85.8 Å². The van der Waals surface area contributed by atoms with Gasteiger partial charge in [0.05, 0.1) is 0 Å². The first kappa shape index (κ1) is 24.5. The highest BCUT2D eigenvalue weighted by Crippen LogP contribution is 2.13. The summed E-state index contributed by atoms with van der Waals surface area (Å²) in [4.78, 5) is 30.2. The second kappa shape index (κ2) is 13.6. The standard InChI is InChI=1S/C19H28ClN5O2.HI/c1-2-21-19(23-14-18(27)25-12-3-4-13-25)22-11-5-6-17(26)24-16-9-7-15(20)8-10-16;/h7-10H,2-6,11-14H2,1H3,(H,24,26)(H2,21,22,23);1H. The van der Waals surface area contributed by atoms with Crippen LogP contribution in [0, 0.1) is 0 Å². The molecule has 1 saturated heterocycles. The van der Waals surface area contributed by atoms with E-state index in [9.17, 15) is 9.59 Å². The average Bonchev–Trinajstić information content (AvgIpc) is 3.19. The highest BCUT2D eigenvalue weighted by Gasteiger charge is 2.17. The molecule has 1 aromatic rings. The quantitative estimate of drug-likeness (QED) is 0.213. The van der Waals surface area contributed by atoms with Crippen molar-refractivity contribution >= 4 is 59.0 Å². The van der Waals surface area contributed by atoms with E-state index in [-0.39, 0.29) is 42.3 Å². The summed E-state index contributed by atoms with van der Waals surface area (Å²) in [5, 5.41) is 9.75. The van der Waals surface area contributed by atoms with Crippen molar-refractivity contribution in [2.24, 2.45) is 4.99 Å². The molecule has 9 heteroatoms. The van der Waals surface area contributed by atoms with E-state index in [0.717, 1.165) is 31.6 Å². The Kier molecular flexibility index (Phi) is 11.9. The molecule has 1 aromatic carbocycles. The molecule has 0 aromatic heterocycles. The summed E-state index contributed by atoms with van der Waals surface area (Å²) < 4.78 is 0. The number of aliphatic imine (C=N–C) groups is 1. The molecule has 28 heavy (non-hydrogen) atoms. The van der Waals surface area contributed by atoms with Crippen molar-refractivity contribution in [3.05, 3.63) is 29.3 Å². The summed E-state index contributed by atoms with van der Waals surface area (Å²) in [6.07, 6.45) is 3.20. The van der Waals surface area contributed by atoms with E-state index >= 15 is 0 Å². The molecule has 0 spiro atoms. The fourth-order valence-electron chi connectivity index (χ4n) is 2.77. The van der Waals surface area contributed by atoms with Crippen LogP contribution in [0.25, 0.3) is 0 Å². The Morgan fingerprint density at radius 2 is 1.82 bits per heavy atom. The van der Waals surface area contributed by atoms with Gasteiger partial charge >= 0.3 is 0 Å². The number of likely N-dealkylation sites (tertiary alicyclic amines) is 1. The lowest BCUT2D eigenvalue weighted by Gasteiger charge is -2.15. The Balaban J connectivity index is 0.00000392. The molecule has 7 nitrogen and oxygen atoms in total. The van der Waals surface area contributed by atoms with Gasteiger partial charge in [0, 0.05) is 43.3 Å². The number of carbonyl (C=O) groups excluding carboxylic acids is 2. The molecule has 0 bridgehead atoms. The highest BCUT2D eigenvalue weighted by molar-refractivity contribution is 14.0. The molecule has 1 fully saturated rings. The Morgan fingerprint density at radius 1 is 1.14 bits per heavy atom. The summed E-state index contributed by atoms with van der Waals surface area (Å²) in [7, 11) is 0. The Hall–Kier alpha value is -1.55. The number of anilines is 1. The van der Waals surface area contributed by atoms with Gasteiger partial charge in [-0.1, -0.05) is 11.6 Å². The van der Waals surface area contributed by atoms with Crippen LogP contribution in [-0.2, 0) is 9.59 Å². The molecule has 1 aliphatic heterocycles. The van der Waals surface area contributed by atoms with Gasteiger partial charge < -0.3 is 20.9 Å². The number of amides is 2. The maximum Gasteiger partial charge on any atom is 0.244 e. The third-order valence-electron chi connectivity index (χ3n) is 4.18. The molecule has 0 unspecified atom stereocenters. The van der Waals surface area contributed by atoms with Crippen LogP contribution in [0.3, 0.4) is 0 Å². The lowest BCUT2D eigenvalue weighted by molar-refractivity contribution is -0.128. The smallest absolute Gasteiger partial charge is 0.244 e. The Labute approximate surface area is 188 Å². The predicted molar refractivity (Wildman–Crippen MR) is 125 cm³/mol. The molecule has 0 radical (unpaired) electrons. The molecule has 0 saturated carbocycles. The van der Waals surface area contributed by atoms with Gasteiger partial charge in [0.25, 0.3) is 0 Å². The minimum atomic E-state index is -0.0507. The number of carbonyl (C=O) groups is 2. The van der Waals surface area contributed by atoms with Gasteiger partial charge in [-0.15, -0.1) is 24.0 Å². The first-order valence-corrected chi connectivity index (χ1v) is 9.81. The van der Waals surface area contributed by atoms with Crippen molar-refractivity contribution in [3.63, 3.8) is 0 Å². The second-order valence-corrected chi connectivity index (χ2v) is 6.80. The van der Waals surface area contributed by atoms with Gasteiger partial charge in [-0.05, 0) is 50.5 Å². The zero-order chi connectivity index (χ0) is 19.5. The molecular formula is C19H29ClIN5O2. The van der Waals surface area contributed by atoms with Crippen molar-refractivity contribution in [2.45, 2.75) is 32.6 Å². The SMILES string of the molecule is CCNC(=NCC(=O)N1CCCC1)NCCCC(=O)Nc1ccc(Cl)cc1.I. The van der Waals surface area contributed by atoms with E-state index < -0.39 is 0 Å². The number of hydrogen-bond acceptors (Lipinski definition) is 3. The zero-order valence-electron chi connectivity index (χ0n) is 16.2. The van der Waals surface area contributed by atoms with Gasteiger partial charge in [-0.25, -0.2) is 4.99 Å². The maximum atomic E-state index is 12.1. The Bertz CT molecular complexity index is 648. The van der Waals surface area contributed by atoms with Gasteiger partial charge in [0.2, 0.25) is 11.8 Å². The summed E-state index contributed by atoms with van der Waals surface area (Å²) in [5.41, 5.74) is 0.729. The number of hydrogen-bond donors (Lipinski definition) is 3. The van der Waals surface area contributed by atoms with Crippen LogP contribution in [0.1, 0.15) is 32.6 Å². The lowest BCUT2D eigenvalue weighted by atomic mass is 10.2. The first-order valence-electron chi connectivity index (χ1n) is 9.44. The largest absolute Gasteiger partial charge is 0.357 e. The van der Waals surface area contributed by atoms with Gasteiger partial charge in [0.15, 0.2) is 5.96 Å². The number of rotatable bonds is 8. The summed E-state index contributed by atoms with van der Waals surface area (Å²) >= 11 is 5.83. The van der Waals surface area contributed by atoms with Gasteiger partial charge in [-0.2, -0.15) is 0 Å². The van der Waals surface area contributed by atoms with E-state index in [4.69, 9.17) is 11.6 Å². The fraction of sp³-hybridized carbons (Fsp3) is 0.526. The molecular weight excluding hydrogens is 493 g/mol. The summed E-state index contributed by atoms with van der Waals surface area (Å²) in [6.45, 7) is 5.09. The highest BCUT2D eigenvalue weighted by atomic mass is 127. The van der Waals surface area contributed by atoms with Crippen LogP contribution in [0.4, 0.5) is 5.69 Å². The van der Waals surface area contributed by atoms with Crippen molar-refractivity contribution in [1.82, 2.24) is 15.5 Å². The van der Waals surface area contributed by atoms with Crippen molar-refractivity contribution in [1.29, 1.82) is 0 Å². The van der Waals surface area contributed by atoms with Crippen LogP contribution >= 0.6 is 35.6 Å². The fourth-order valence-corrected chi connectivity index (χ4v) is 2.89. The third-order valence-corrected chi connectivity index (χ3v) is 4.43. The van der Waals surface area contributed by atoms with Crippen molar-refractivity contribution < 1.29 is 9.59 Å². The molecule has 2 rings (SSSR count). The van der Waals surface area contributed by atoms with E-state index in [2.05, 4.69) is 20.9 Å². The predicted octanol–water partition coefficient (Wildman–Crippen LogP) is 2.85. The monoisotopic (exact) mass is 521 g/mol. The number of halogens is 2. The third kappa shape index (κ3) is 9.09. The normalized spacial score (nSPS) is 13.6. The molecule has 1 heterocycles. The van der Waals surface area contributed by atoms with E-state index in [1.165, 1.54) is 0 Å². The molecule has 0 atom stereocenters. The minimum absolute atomic E-state index is 0. The number of nitrogens with zero attached hydrogens (tertiary/aromatic N) is 2. The van der Waals surface area contributed by atoms with Crippen molar-refractivity contribution in [3.8, 4) is 0 Å². The second-order valence-electron chi connectivity index (χ2n) is 6.37. The molecule has 0 aliphatic carbocycles. The zero-order valence-corrected chi connectivity index (χ0v) is 19.3. The molecule has 2 amide bonds. The van der Waals surface area contributed by atoms with Gasteiger partial charge in [0.1, 0.15) is 6.54 Å². The molecule has 1 aliphatic rings. The van der Waals surface area contributed by atoms with Crippen LogP contribution in [-0.4, -0.2) is 55.4 Å². The van der Waals surface area contributed by atoms with E-state index in [1.807, 2.05) is 11.8 Å². The molecule has 156 valence electrons. The van der Waals surface area contributed by atoms with Crippen molar-refractivity contribution in [2.75, 3.05) is 38.0 Å². The maximum absolute atomic E-state index is 12.1. The van der Waals surface area contributed by atoms with E-state index in [0.29, 0.717) is 36.9 Å². The van der Waals surface area contributed by atoms with E-state index in [1.54, 1.807) is 24.3 Å². The van der Waals surface area contributed by atoms with Crippen LogP contribution in [0.5, 0.6) is 0 Å². The Morgan fingerprint density at radius 3 is 2.46 bits per heavy atom. The van der Waals surface area contributed by atoms with Crippen LogP contribution < -0.4 is 16.0 Å². The minimum Gasteiger partial charge on any atom is -0.357 e. The van der Waals surface area contributed by atoms with Crippen LogP contribution in [0.2, 0.25) is 5.02 Å². The first-order chi connectivity index (χ1) is 13.1. The lowest BCUT2D eigenvalue weighted by Crippen LogP contribution is -2.39. The summed E-state index contributed by atoms with van der Waals surface area (Å²) in [6, 6.07) is 7.01. The number of benzene rings is 1. The van der Waals surface area contributed by atoms with Crippen LogP contribution in [0.15, 0.2) is 29.3 Å². The number of guanidine groups is 1. The average molecular weight is 522 g/mol. The van der Waals surface area contributed by atoms with Gasteiger partial charge in [-0.3, -0.25) is 9.59 Å². The summed E-state index contributed by atoms with van der Waals surface area (Å²) in [5.74, 6) is 0.612.